The predicted octanol–water partition coefficient (Wildman–Crippen LogP) is 2.85. The van der Waals surface area contributed by atoms with Crippen LogP contribution in [0.15, 0.2) is 6.20 Å². The molecular formula is C18H27N3O3. The Labute approximate surface area is 142 Å². The van der Waals surface area contributed by atoms with Crippen molar-refractivity contribution in [2.45, 2.75) is 77.4 Å². The Balaban J connectivity index is 1.86. The molecule has 1 aromatic heterocycles. The van der Waals surface area contributed by atoms with Crippen LogP contribution in [0.25, 0.3) is 0 Å². The minimum atomic E-state index is -0.881. The van der Waals surface area contributed by atoms with Crippen LogP contribution in [0.3, 0.4) is 0 Å². The van der Waals surface area contributed by atoms with Gasteiger partial charge in [-0.05, 0) is 38.5 Å². The molecule has 1 aliphatic heterocycles. The van der Waals surface area contributed by atoms with E-state index in [-0.39, 0.29) is 11.9 Å². The Hall–Kier alpha value is -1.85. The molecule has 1 N–H and O–H groups in total. The number of aliphatic carboxylic acids is 1. The normalized spacial score (nSPS) is 26.4. The van der Waals surface area contributed by atoms with Crippen LogP contribution in [0.4, 0.5) is 0 Å². The number of carbonyl (C=O) groups is 2. The fourth-order valence-electron chi connectivity index (χ4n) is 4.30. The van der Waals surface area contributed by atoms with E-state index in [1.165, 1.54) is 0 Å². The van der Waals surface area contributed by atoms with E-state index in [2.05, 4.69) is 12.0 Å². The van der Waals surface area contributed by atoms with Gasteiger partial charge in [0.15, 0.2) is 0 Å². The molecule has 0 aromatic carbocycles. The summed E-state index contributed by atoms with van der Waals surface area (Å²) in [5, 5.41) is 13.9. The molecule has 1 saturated carbocycles. The number of hydrogen-bond acceptors (Lipinski definition) is 3. The first-order valence-electron chi connectivity index (χ1n) is 9.12. The number of amides is 1. The summed E-state index contributed by atoms with van der Waals surface area (Å²) in [5.41, 5.74) is 1.40. The molecule has 1 saturated heterocycles. The van der Waals surface area contributed by atoms with Crippen molar-refractivity contribution >= 4 is 11.9 Å². The lowest BCUT2D eigenvalue weighted by molar-refractivity contribution is -0.141. The van der Waals surface area contributed by atoms with Gasteiger partial charge in [-0.3, -0.25) is 9.48 Å². The molecule has 0 bridgehead atoms. The fourth-order valence-corrected chi connectivity index (χ4v) is 4.30. The number of fused-ring (bicyclic) bond motifs is 1. The largest absolute Gasteiger partial charge is 0.480 e. The van der Waals surface area contributed by atoms with Gasteiger partial charge in [0.1, 0.15) is 6.04 Å². The van der Waals surface area contributed by atoms with Gasteiger partial charge in [0.2, 0.25) is 0 Å². The Kier molecular flexibility index (Phi) is 4.92. The molecule has 3 unspecified atom stereocenters. The van der Waals surface area contributed by atoms with Crippen molar-refractivity contribution in [2.75, 3.05) is 0 Å². The number of carboxylic acid groups (broad SMARTS) is 1. The van der Waals surface area contributed by atoms with Gasteiger partial charge < -0.3 is 10.0 Å². The number of nitrogens with zero attached hydrogens (tertiary/aromatic N) is 3. The number of aromatic nitrogens is 2. The third-order valence-corrected chi connectivity index (χ3v) is 5.66. The van der Waals surface area contributed by atoms with Gasteiger partial charge in [-0.2, -0.15) is 5.10 Å². The minimum Gasteiger partial charge on any atom is -0.480 e. The third kappa shape index (κ3) is 2.94. The quantitative estimate of drug-likeness (QED) is 0.899. The second kappa shape index (κ2) is 6.95. The summed E-state index contributed by atoms with van der Waals surface area (Å²) in [7, 11) is 0. The van der Waals surface area contributed by atoms with Crippen LogP contribution in [-0.2, 0) is 11.3 Å². The molecule has 132 valence electrons. The van der Waals surface area contributed by atoms with E-state index in [1.807, 2.05) is 11.6 Å². The molecule has 2 aliphatic rings. The van der Waals surface area contributed by atoms with Gasteiger partial charge in [-0.1, -0.05) is 26.2 Å². The highest BCUT2D eigenvalue weighted by Gasteiger charge is 2.48. The molecule has 2 fully saturated rings. The van der Waals surface area contributed by atoms with Gasteiger partial charge in [-0.15, -0.1) is 0 Å². The smallest absolute Gasteiger partial charge is 0.326 e. The molecule has 1 aliphatic carbocycles. The van der Waals surface area contributed by atoms with E-state index in [0.29, 0.717) is 17.9 Å². The van der Waals surface area contributed by atoms with Crippen LogP contribution in [-0.4, -0.2) is 43.7 Å². The Bertz CT molecular complexity index is 625. The highest BCUT2D eigenvalue weighted by Crippen LogP contribution is 2.40. The lowest BCUT2D eigenvalue weighted by atomic mass is 9.84. The molecule has 2 heterocycles. The van der Waals surface area contributed by atoms with E-state index in [9.17, 15) is 14.7 Å². The van der Waals surface area contributed by atoms with Gasteiger partial charge in [0.25, 0.3) is 5.91 Å². The highest BCUT2D eigenvalue weighted by molar-refractivity contribution is 5.98. The van der Waals surface area contributed by atoms with Gasteiger partial charge >= 0.3 is 5.97 Å². The first-order chi connectivity index (χ1) is 11.5. The van der Waals surface area contributed by atoms with Crippen molar-refractivity contribution in [1.82, 2.24) is 14.7 Å². The molecule has 3 atom stereocenters. The van der Waals surface area contributed by atoms with Crippen molar-refractivity contribution in [3.63, 3.8) is 0 Å². The number of hydrogen-bond donors (Lipinski definition) is 1. The van der Waals surface area contributed by atoms with E-state index in [0.717, 1.165) is 50.8 Å². The van der Waals surface area contributed by atoms with Crippen molar-refractivity contribution in [3.05, 3.63) is 17.5 Å². The topological polar surface area (TPSA) is 75.4 Å². The second-order valence-electron chi connectivity index (χ2n) is 7.13. The zero-order valence-electron chi connectivity index (χ0n) is 14.6. The van der Waals surface area contributed by atoms with Crippen molar-refractivity contribution in [1.29, 1.82) is 0 Å². The van der Waals surface area contributed by atoms with E-state index < -0.39 is 12.0 Å². The summed E-state index contributed by atoms with van der Waals surface area (Å²) in [5.74, 6) is -0.704. The summed E-state index contributed by atoms with van der Waals surface area (Å²) >= 11 is 0. The van der Waals surface area contributed by atoms with E-state index in [4.69, 9.17) is 0 Å². The zero-order chi connectivity index (χ0) is 17.3. The minimum absolute atomic E-state index is 0.0748. The molecule has 6 nitrogen and oxygen atoms in total. The average molecular weight is 333 g/mol. The number of carbonyl (C=O) groups excluding carboxylic acids is 1. The van der Waals surface area contributed by atoms with Crippen molar-refractivity contribution in [3.8, 4) is 0 Å². The predicted molar refractivity (Wildman–Crippen MR) is 89.8 cm³/mol. The number of unbranched alkanes of at least 4 members (excludes halogenated alkanes) is 1. The number of rotatable bonds is 5. The van der Waals surface area contributed by atoms with Gasteiger partial charge in [0, 0.05) is 18.3 Å². The molecule has 3 rings (SSSR count). The summed E-state index contributed by atoms with van der Waals surface area (Å²) in [6, 6.07) is -0.616. The van der Waals surface area contributed by atoms with Gasteiger partial charge in [-0.25, -0.2) is 4.79 Å². The van der Waals surface area contributed by atoms with E-state index in [1.54, 1.807) is 11.1 Å². The van der Waals surface area contributed by atoms with Crippen LogP contribution < -0.4 is 0 Å². The summed E-state index contributed by atoms with van der Waals surface area (Å²) in [4.78, 5) is 26.5. The van der Waals surface area contributed by atoms with Crippen LogP contribution >= 0.6 is 0 Å². The molecule has 1 amide bonds. The van der Waals surface area contributed by atoms with Crippen LogP contribution in [0, 0.1) is 12.8 Å². The Morgan fingerprint density at radius 3 is 2.79 bits per heavy atom. The zero-order valence-corrected chi connectivity index (χ0v) is 14.6. The van der Waals surface area contributed by atoms with Crippen LogP contribution in [0.5, 0.6) is 0 Å². The summed E-state index contributed by atoms with van der Waals surface area (Å²) in [6.07, 6.45) is 8.46. The molecule has 6 heteroatoms. The first kappa shape index (κ1) is 17.0. The lowest BCUT2D eigenvalue weighted by Gasteiger charge is -2.32. The Morgan fingerprint density at radius 1 is 1.33 bits per heavy atom. The molecule has 0 spiro atoms. The first-order valence-corrected chi connectivity index (χ1v) is 9.12. The molecular weight excluding hydrogens is 306 g/mol. The van der Waals surface area contributed by atoms with E-state index >= 15 is 0 Å². The maximum absolute atomic E-state index is 13.1. The lowest BCUT2D eigenvalue weighted by Crippen LogP contribution is -2.46. The standard InChI is InChI=1S/C18H27N3O3/c1-3-4-9-20-12(2)14(11-19-20)17(22)21-15-8-6-5-7-13(15)10-16(21)18(23)24/h11,13,15-16H,3-10H2,1-2H3,(H,23,24). The monoisotopic (exact) mass is 333 g/mol. The van der Waals surface area contributed by atoms with Gasteiger partial charge in [0.05, 0.1) is 11.8 Å². The molecule has 24 heavy (non-hydrogen) atoms. The maximum atomic E-state index is 13.1. The van der Waals surface area contributed by atoms with Crippen LogP contribution in [0.2, 0.25) is 0 Å². The highest BCUT2D eigenvalue weighted by atomic mass is 16.4. The molecule has 0 radical (unpaired) electrons. The van der Waals surface area contributed by atoms with Crippen molar-refractivity contribution < 1.29 is 14.7 Å². The number of likely N-dealkylation sites (tertiary alicyclic amines) is 1. The maximum Gasteiger partial charge on any atom is 0.326 e. The number of aryl methyl sites for hydroxylation is 1. The third-order valence-electron chi connectivity index (χ3n) is 5.66. The van der Waals surface area contributed by atoms with Crippen LogP contribution in [0.1, 0.15) is 67.9 Å². The average Bonchev–Trinajstić information content (AvgIpc) is 3.13. The summed E-state index contributed by atoms with van der Waals surface area (Å²) < 4.78 is 1.86. The fraction of sp³-hybridized carbons (Fsp3) is 0.722. The second-order valence-corrected chi connectivity index (χ2v) is 7.13. The SMILES string of the molecule is CCCCn1ncc(C(=O)N2C(C(=O)O)CC3CCCCC32)c1C. The molecule has 1 aromatic rings. The van der Waals surface area contributed by atoms with Crippen molar-refractivity contribution in [2.24, 2.45) is 5.92 Å². The Morgan fingerprint density at radius 2 is 2.08 bits per heavy atom. The summed E-state index contributed by atoms with van der Waals surface area (Å²) in [6.45, 7) is 4.82. The number of carboxylic acids is 1.